The van der Waals surface area contributed by atoms with Crippen LogP contribution in [0.1, 0.15) is 38.4 Å². The summed E-state index contributed by atoms with van der Waals surface area (Å²) in [7, 11) is 0. The van der Waals surface area contributed by atoms with Crippen LogP contribution in [-0.2, 0) is 16.1 Å². The largest absolute Gasteiger partial charge is 0.344 e. The summed E-state index contributed by atoms with van der Waals surface area (Å²) in [5, 5.41) is 2.85. The molecule has 0 aliphatic carbocycles. The lowest BCUT2D eigenvalue weighted by Gasteiger charge is -2.32. The van der Waals surface area contributed by atoms with Crippen molar-refractivity contribution < 1.29 is 9.59 Å². The van der Waals surface area contributed by atoms with Crippen molar-refractivity contribution in [3.63, 3.8) is 0 Å². The van der Waals surface area contributed by atoms with Crippen LogP contribution in [-0.4, -0.2) is 34.3 Å². The van der Waals surface area contributed by atoms with Crippen LogP contribution >= 0.6 is 0 Å². The molecular formula is C16H23N3O2. The maximum atomic E-state index is 12.7. The summed E-state index contributed by atoms with van der Waals surface area (Å²) < 4.78 is 0. The van der Waals surface area contributed by atoms with E-state index in [1.54, 1.807) is 11.1 Å². The maximum Gasteiger partial charge on any atom is 0.246 e. The van der Waals surface area contributed by atoms with Gasteiger partial charge in [0, 0.05) is 31.4 Å². The fourth-order valence-electron chi connectivity index (χ4n) is 2.38. The smallest absolute Gasteiger partial charge is 0.246 e. The van der Waals surface area contributed by atoms with Crippen LogP contribution in [0.2, 0.25) is 0 Å². The highest BCUT2D eigenvalue weighted by Crippen LogP contribution is 2.23. The summed E-state index contributed by atoms with van der Waals surface area (Å²) in [5.74, 6) is -0.0817. The first-order valence-corrected chi connectivity index (χ1v) is 7.27. The molecule has 0 saturated carbocycles. The van der Waals surface area contributed by atoms with E-state index in [2.05, 4.69) is 10.3 Å². The number of hydrogen-bond donors (Lipinski definition) is 1. The fourth-order valence-corrected chi connectivity index (χ4v) is 2.38. The van der Waals surface area contributed by atoms with Crippen LogP contribution in [0.15, 0.2) is 18.3 Å². The summed E-state index contributed by atoms with van der Waals surface area (Å²) in [4.78, 5) is 30.5. The lowest BCUT2D eigenvalue weighted by Crippen LogP contribution is -2.51. The van der Waals surface area contributed by atoms with Gasteiger partial charge in [-0.05, 0) is 24.0 Å². The monoisotopic (exact) mass is 289 g/mol. The molecule has 0 radical (unpaired) electrons. The summed E-state index contributed by atoms with van der Waals surface area (Å²) >= 11 is 0. The number of nitrogens with one attached hydrogen (secondary N) is 1. The second-order valence-corrected chi connectivity index (χ2v) is 6.68. The van der Waals surface area contributed by atoms with Crippen molar-refractivity contribution in [1.29, 1.82) is 0 Å². The van der Waals surface area contributed by atoms with Gasteiger partial charge in [-0.15, -0.1) is 0 Å². The Balaban J connectivity index is 2.19. The topological polar surface area (TPSA) is 62.3 Å². The van der Waals surface area contributed by atoms with Crippen LogP contribution < -0.4 is 5.32 Å². The molecule has 2 amide bonds. The molecule has 2 rings (SSSR count). The Bertz CT molecular complexity index is 531. The van der Waals surface area contributed by atoms with Gasteiger partial charge in [0.25, 0.3) is 0 Å². The molecule has 1 atom stereocenters. The number of rotatable bonds is 2. The van der Waals surface area contributed by atoms with Gasteiger partial charge in [0.1, 0.15) is 6.04 Å². The minimum absolute atomic E-state index is 0.0195. The third kappa shape index (κ3) is 3.80. The van der Waals surface area contributed by atoms with Gasteiger partial charge < -0.3 is 10.2 Å². The van der Waals surface area contributed by atoms with Gasteiger partial charge in [-0.1, -0.05) is 26.8 Å². The van der Waals surface area contributed by atoms with Gasteiger partial charge in [-0.25, -0.2) is 0 Å². The zero-order valence-electron chi connectivity index (χ0n) is 13.1. The molecule has 114 valence electrons. The number of nitrogens with zero attached hydrogens (tertiary/aromatic N) is 2. The Morgan fingerprint density at radius 3 is 2.62 bits per heavy atom. The van der Waals surface area contributed by atoms with Gasteiger partial charge in [-0.2, -0.15) is 0 Å². The second-order valence-electron chi connectivity index (χ2n) is 6.68. The average Bonchev–Trinajstić information content (AvgIpc) is 2.54. The Kier molecular flexibility index (Phi) is 4.30. The van der Waals surface area contributed by atoms with Gasteiger partial charge in [0.2, 0.25) is 11.8 Å². The average molecular weight is 289 g/mol. The maximum absolute atomic E-state index is 12.7. The van der Waals surface area contributed by atoms with E-state index in [-0.39, 0.29) is 17.2 Å². The van der Waals surface area contributed by atoms with Gasteiger partial charge in [0.15, 0.2) is 0 Å². The third-order valence-electron chi connectivity index (χ3n) is 3.68. The van der Waals surface area contributed by atoms with Crippen molar-refractivity contribution in [2.75, 3.05) is 6.54 Å². The number of amides is 2. The molecule has 1 aliphatic heterocycles. The summed E-state index contributed by atoms with van der Waals surface area (Å²) in [5.41, 5.74) is 1.63. The number of carbonyl (C=O) groups is 2. The molecule has 5 nitrogen and oxygen atoms in total. The first-order chi connectivity index (χ1) is 9.77. The number of pyridine rings is 1. The molecule has 1 aromatic heterocycles. The van der Waals surface area contributed by atoms with Crippen LogP contribution in [0.5, 0.6) is 0 Å². The van der Waals surface area contributed by atoms with Gasteiger partial charge >= 0.3 is 0 Å². The molecule has 1 aliphatic rings. The SMILES string of the molecule is Cc1ccc(CN2CCC(=O)NC(C(C)(C)C)C2=O)cn1. The number of aromatic nitrogens is 1. The standard InChI is InChI=1S/C16H23N3O2/c1-11-5-6-12(9-17-11)10-19-8-7-13(20)18-14(15(19)21)16(2,3)4/h5-6,9,14H,7-8,10H2,1-4H3,(H,18,20). The van der Waals surface area contributed by atoms with Crippen LogP contribution in [0.25, 0.3) is 0 Å². The molecule has 0 aromatic carbocycles. The number of carbonyl (C=O) groups excluding carboxylic acids is 2. The van der Waals surface area contributed by atoms with E-state index in [9.17, 15) is 9.59 Å². The third-order valence-corrected chi connectivity index (χ3v) is 3.68. The zero-order chi connectivity index (χ0) is 15.6. The molecule has 1 unspecified atom stereocenters. The predicted molar refractivity (Wildman–Crippen MR) is 80.4 cm³/mol. The number of hydrogen-bond acceptors (Lipinski definition) is 3. The Morgan fingerprint density at radius 1 is 1.33 bits per heavy atom. The van der Waals surface area contributed by atoms with E-state index in [1.807, 2.05) is 39.8 Å². The second kappa shape index (κ2) is 5.84. The Labute approximate surface area is 125 Å². The van der Waals surface area contributed by atoms with Crippen LogP contribution in [0, 0.1) is 12.3 Å². The fraction of sp³-hybridized carbons (Fsp3) is 0.562. The molecule has 1 N–H and O–H groups in total. The lowest BCUT2D eigenvalue weighted by atomic mass is 9.86. The minimum Gasteiger partial charge on any atom is -0.344 e. The minimum atomic E-state index is -0.481. The Morgan fingerprint density at radius 2 is 2.05 bits per heavy atom. The van der Waals surface area contributed by atoms with Crippen molar-refractivity contribution in [1.82, 2.24) is 15.2 Å². The summed E-state index contributed by atoms with van der Waals surface area (Å²) in [6, 6.07) is 3.43. The van der Waals surface area contributed by atoms with Crippen molar-refractivity contribution >= 4 is 11.8 Å². The van der Waals surface area contributed by atoms with Crippen molar-refractivity contribution in [2.24, 2.45) is 5.41 Å². The molecule has 1 saturated heterocycles. The highest BCUT2D eigenvalue weighted by Gasteiger charge is 2.37. The van der Waals surface area contributed by atoms with Crippen molar-refractivity contribution in [3.8, 4) is 0 Å². The summed E-state index contributed by atoms with van der Waals surface area (Å²) in [6.07, 6.45) is 2.13. The molecule has 0 bridgehead atoms. The first kappa shape index (κ1) is 15.5. The number of aryl methyl sites for hydroxylation is 1. The zero-order valence-corrected chi connectivity index (χ0v) is 13.1. The van der Waals surface area contributed by atoms with Gasteiger partial charge in [0.05, 0.1) is 0 Å². The highest BCUT2D eigenvalue weighted by atomic mass is 16.2. The van der Waals surface area contributed by atoms with Crippen LogP contribution in [0.4, 0.5) is 0 Å². The molecule has 21 heavy (non-hydrogen) atoms. The lowest BCUT2D eigenvalue weighted by molar-refractivity contribution is -0.136. The quantitative estimate of drug-likeness (QED) is 0.900. The molecule has 5 heteroatoms. The van der Waals surface area contributed by atoms with Crippen molar-refractivity contribution in [3.05, 3.63) is 29.6 Å². The van der Waals surface area contributed by atoms with E-state index in [0.29, 0.717) is 19.5 Å². The molecule has 1 fully saturated rings. The normalized spacial score (nSPS) is 20.2. The van der Waals surface area contributed by atoms with Crippen molar-refractivity contribution in [2.45, 2.75) is 46.7 Å². The highest BCUT2D eigenvalue weighted by molar-refractivity contribution is 5.90. The predicted octanol–water partition coefficient (Wildman–Crippen LogP) is 1.65. The van der Waals surface area contributed by atoms with E-state index >= 15 is 0 Å². The molecule has 1 aromatic rings. The van der Waals surface area contributed by atoms with Gasteiger partial charge in [-0.3, -0.25) is 14.6 Å². The molecular weight excluding hydrogens is 266 g/mol. The first-order valence-electron chi connectivity index (χ1n) is 7.27. The van der Waals surface area contributed by atoms with E-state index < -0.39 is 6.04 Å². The van der Waals surface area contributed by atoms with E-state index in [0.717, 1.165) is 11.3 Å². The van der Waals surface area contributed by atoms with E-state index in [4.69, 9.17) is 0 Å². The molecule has 2 heterocycles. The Hall–Kier alpha value is -1.91. The summed E-state index contributed by atoms with van der Waals surface area (Å²) in [6.45, 7) is 8.77. The van der Waals surface area contributed by atoms with Crippen LogP contribution in [0.3, 0.4) is 0 Å². The van der Waals surface area contributed by atoms with E-state index in [1.165, 1.54) is 0 Å². The molecule has 0 spiro atoms.